The minimum Gasteiger partial charge on any atom is -0.496 e. The van der Waals surface area contributed by atoms with Crippen LogP contribution in [0.4, 0.5) is 4.39 Å². The van der Waals surface area contributed by atoms with E-state index in [0.717, 1.165) is 16.9 Å². The van der Waals surface area contributed by atoms with Gasteiger partial charge in [0.2, 0.25) is 0 Å². The summed E-state index contributed by atoms with van der Waals surface area (Å²) < 4.78 is 18.5. The highest BCUT2D eigenvalue weighted by atomic mass is 35.5. The molecule has 21 heavy (non-hydrogen) atoms. The number of para-hydroxylation sites is 1. The van der Waals surface area contributed by atoms with E-state index in [0.29, 0.717) is 12.8 Å². The molecule has 0 bridgehead atoms. The average Bonchev–Trinajstić information content (AvgIpc) is 2.50. The van der Waals surface area contributed by atoms with Crippen LogP contribution in [-0.4, -0.2) is 18.8 Å². The molecule has 112 valence electrons. The Labute approximate surface area is 129 Å². The highest BCUT2D eigenvalue weighted by Crippen LogP contribution is 2.24. The van der Waals surface area contributed by atoms with Crippen molar-refractivity contribution in [2.45, 2.75) is 12.8 Å². The first kappa shape index (κ1) is 15.8. The molecular formula is C17H18ClFO2. The second kappa shape index (κ2) is 7.43. The largest absolute Gasteiger partial charge is 0.496 e. The molecule has 0 saturated heterocycles. The molecule has 0 radical (unpaired) electrons. The van der Waals surface area contributed by atoms with Gasteiger partial charge in [0.15, 0.2) is 0 Å². The van der Waals surface area contributed by atoms with Crippen LogP contribution in [0.25, 0.3) is 0 Å². The van der Waals surface area contributed by atoms with Crippen LogP contribution in [0.3, 0.4) is 0 Å². The Morgan fingerprint density at radius 2 is 1.95 bits per heavy atom. The maximum absolute atomic E-state index is 13.2. The van der Waals surface area contributed by atoms with E-state index in [4.69, 9.17) is 16.3 Å². The predicted molar refractivity (Wildman–Crippen MR) is 82.4 cm³/mol. The lowest BCUT2D eigenvalue weighted by molar-refractivity contribution is 0.224. The Balaban J connectivity index is 2.11. The summed E-state index contributed by atoms with van der Waals surface area (Å²) in [5, 5.41) is 9.70. The molecule has 0 aliphatic heterocycles. The van der Waals surface area contributed by atoms with Gasteiger partial charge in [0.25, 0.3) is 0 Å². The van der Waals surface area contributed by atoms with Gasteiger partial charge in [-0.25, -0.2) is 4.39 Å². The summed E-state index contributed by atoms with van der Waals surface area (Å²) in [5.41, 5.74) is 1.96. The van der Waals surface area contributed by atoms with Gasteiger partial charge in [0.05, 0.1) is 12.1 Å². The van der Waals surface area contributed by atoms with E-state index < -0.39 is 5.82 Å². The summed E-state index contributed by atoms with van der Waals surface area (Å²) in [5.74, 6) is 0.418. The number of hydrogen-bond donors (Lipinski definition) is 1. The van der Waals surface area contributed by atoms with Crippen molar-refractivity contribution in [2.75, 3.05) is 13.7 Å². The smallest absolute Gasteiger partial charge is 0.141 e. The van der Waals surface area contributed by atoms with Crippen molar-refractivity contribution in [3.63, 3.8) is 0 Å². The molecule has 4 heteroatoms. The van der Waals surface area contributed by atoms with Crippen molar-refractivity contribution in [1.82, 2.24) is 0 Å². The third-order valence-corrected chi connectivity index (χ3v) is 3.76. The molecular weight excluding hydrogens is 291 g/mol. The first-order valence-electron chi connectivity index (χ1n) is 6.80. The minimum absolute atomic E-state index is 0.0304. The standard InChI is InChI=1S/C17H18ClFO2/c1-21-17-5-3-2-4-14(17)9-13(11-20)8-12-6-7-16(19)15(18)10-12/h2-7,10,13,20H,8-9,11H2,1H3. The lowest BCUT2D eigenvalue weighted by Crippen LogP contribution is -2.13. The number of halogens is 2. The molecule has 0 aliphatic carbocycles. The first-order valence-corrected chi connectivity index (χ1v) is 7.18. The lowest BCUT2D eigenvalue weighted by Gasteiger charge is -2.16. The van der Waals surface area contributed by atoms with Gasteiger partial charge in [-0.15, -0.1) is 0 Å². The van der Waals surface area contributed by atoms with Crippen LogP contribution in [0.1, 0.15) is 11.1 Å². The molecule has 0 saturated carbocycles. The zero-order valence-corrected chi connectivity index (χ0v) is 12.6. The second-order valence-corrected chi connectivity index (χ2v) is 5.42. The fourth-order valence-electron chi connectivity index (χ4n) is 2.38. The summed E-state index contributed by atoms with van der Waals surface area (Å²) in [7, 11) is 1.63. The Bertz CT molecular complexity index is 601. The van der Waals surface area contributed by atoms with Gasteiger partial charge in [-0.1, -0.05) is 35.9 Å². The molecule has 0 amide bonds. The van der Waals surface area contributed by atoms with Gasteiger partial charge < -0.3 is 9.84 Å². The van der Waals surface area contributed by atoms with Crippen molar-refractivity contribution in [2.24, 2.45) is 5.92 Å². The normalized spacial score (nSPS) is 12.2. The van der Waals surface area contributed by atoms with Gasteiger partial charge in [-0.2, -0.15) is 0 Å². The number of benzene rings is 2. The van der Waals surface area contributed by atoms with Gasteiger partial charge in [0.1, 0.15) is 11.6 Å². The van der Waals surface area contributed by atoms with Crippen molar-refractivity contribution in [3.8, 4) is 5.75 Å². The van der Waals surface area contributed by atoms with Gasteiger partial charge in [-0.05, 0) is 48.1 Å². The number of rotatable bonds is 6. The predicted octanol–water partition coefficient (Wildman–Crippen LogP) is 3.88. The number of ether oxygens (including phenoxy) is 1. The van der Waals surface area contributed by atoms with Crippen LogP contribution >= 0.6 is 11.6 Å². The molecule has 0 aromatic heterocycles. The molecule has 0 fully saturated rings. The van der Waals surface area contributed by atoms with E-state index in [1.54, 1.807) is 19.2 Å². The number of aliphatic hydroxyl groups excluding tert-OH is 1. The van der Waals surface area contributed by atoms with Crippen LogP contribution < -0.4 is 4.74 Å². The molecule has 1 N–H and O–H groups in total. The van der Waals surface area contributed by atoms with Crippen molar-refractivity contribution in [1.29, 1.82) is 0 Å². The van der Waals surface area contributed by atoms with E-state index in [1.165, 1.54) is 6.07 Å². The van der Waals surface area contributed by atoms with E-state index in [1.807, 2.05) is 24.3 Å². The topological polar surface area (TPSA) is 29.5 Å². The fraction of sp³-hybridized carbons (Fsp3) is 0.294. The Morgan fingerprint density at radius 1 is 1.19 bits per heavy atom. The molecule has 2 rings (SSSR count). The average molecular weight is 309 g/mol. The molecule has 0 heterocycles. The fourth-order valence-corrected chi connectivity index (χ4v) is 2.59. The van der Waals surface area contributed by atoms with Crippen molar-refractivity contribution in [3.05, 3.63) is 64.4 Å². The number of methoxy groups -OCH3 is 1. The molecule has 0 spiro atoms. The third kappa shape index (κ3) is 4.19. The second-order valence-electron chi connectivity index (χ2n) is 5.02. The summed E-state index contributed by atoms with van der Waals surface area (Å²) in [4.78, 5) is 0. The van der Waals surface area contributed by atoms with E-state index in [2.05, 4.69) is 0 Å². The van der Waals surface area contributed by atoms with E-state index >= 15 is 0 Å². The van der Waals surface area contributed by atoms with Gasteiger partial charge in [0, 0.05) is 6.61 Å². The van der Waals surface area contributed by atoms with Crippen LogP contribution in [0.15, 0.2) is 42.5 Å². The summed E-state index contributed by atoms with van der Waals surface area (Å²) in [6.07, 6.45) is 1.32. The minimum atomic E-state index is -0.425. The Hall–Kier alpha value is -1.58. The summed E-state index contributed by atoms with van der Waals surface area (Å²) in [6.45, 7) is 0.0487. The SMILES string of the molecule is COc1ccccc1CC(CO)Cc1ccc(F)c(Cl)c1. The maximum atomic E-state index is 13.2. The molecule has 2 nitrogen and oxygen atoms in total. The number of hydrogen-bond acceptors (Lipinski definition) is 2. The van der Waals surface area contributed by atoms with Crippen LogP contribution in [0, 0.1) is 11.7 Å². The zero-order chi connectivity index (χ0) is 15.2. The highest BCUT2D eigenvalue weighted by molar-refractivity contribution is 6.30. The van der Waals surface area contributed by atoms with Gasteiger partial charge in [-0.3, -0.25) is 0 Å². The van der Waals surface area contributed by atoms with Crippen molar-refractivity contribution >= 4 is 11.6 Å². The van der Waals surface area contributed by atoms with Crippen molar-refractivity contribution < 1.29 is 14.2 Å². The molecule has 0 aliphatic rings. The highest BCUT2D eigenvalue weighted by Gasteiger charge is 2.13. The lowest BCUT2D eigenvalue weighted by atomic mass is 9.93. The Morgan fingerprint density at radius 3 is 2.62 bits per heavy atom. The first-order chi connectivity index (χ1) is 10.1. The zero-order valence-electron chi connectivity index (χ0n) is 11.9. The van der Waals surface area contributed by atoms with E-state index in [9.17, 15) is 9.50 Å². The quantitative estimate of drug-likeness (QED) is 0.877. The Kier molecular flexibility index (Phi) is 5.59. The third-order valence-electron chi connectivity index (χ3n) is 3.47. The van der Waals surface area contributed by atoms with E-state index in [-0.39, 0.29) is 17.5 Å². The number of aliphatic hydroxyl groups is 1. The maximum Gasteiger partial charge on any atom is 0.141 e. The summed E-state index contributed by atoms with van der Waals surface area (Å²) in [6, 6.07) is 12.4. The monoisotopic (exact) mass is 308 g/mol. The van der Waals surface area contributed by atoms with Gasteiger partial charge >= 0.3 is 0 Å². The molecule has 1 unspecified atom stereocenters. The van der Waals surface area contributed by atoms with Crippen LogP contribution in [0.2, 0.25) is 5.02 Å². The van der Waals surface area contributed by atoms with Crippen LogP contribution in [0.5, 0.6) is 5.75 Å². The molecule has 2 aromatic rings. The molecule has 1 atom stereocenters. The van der Waals surface area contributed by atoms with Crippen LogP contribution in [-0.2, 0) is 12.8 Å². The summed E-state index contributed by atoms with van der Waals surface area (Å²) >= 11 is 5.79. The molecule has 2 aromatic carbocycles.